The quantitative estimate of drug-likeness (QED) is 0.366. The number of aromatic hydroxyl groups is 4. The number of phenolic OH excluding ortho intramolecular Hbond substituents is 4. The lowest BCUT2D eigenvalue weighted by molar-refractivity contribution is -0.131. The summed E-state index contributed by atoms with van der Waals surface area (Å²) >= 11 is 0. The van der Waals surface area contributed by atoms with E-state index >= 15 is 0 Å². The number of hydrogen-bond donors (Lipinski definition) is 6. The Morgan fingerprint density at radius 1 is 0.957 bits per heavy atom. The molecule has 0 aliphatic carbocycles. The summed E-state index contributed by atoms with van der Waals surface area (Å²) in [6, 6.07) is 10.7. The van der Waals surface area contributed by atoms with Crippen molar-refractivity contribution in [2.24, 2.45) is 5.73 Å². The van der Waals surface area contributed by atoms with Crippen LogP contribution < -0.4 is 5.73 Å². The van der Waals surface area contributed by atoms with E-state index in [2.05, 4.69) is 6.58 Å². The van der Waals surface area contributed by atoms with Gasteiger partial charge in [-0.25, -0.2) is 4.79 Å². The summed E-state index contributed by atoms with van der Waals surface area (Å²) in [4.78, 5) is 9.25. The van der Waals surface area contributed by atoms with Crippen LogP contribution in [0.3, 0.4) is 0 Å². The second kappa shape index (κ2) is 10.5. The van der Waals surface area contributed by atoms with Gasteiger partial charge < -0.3 is 31.3 Å². The van der Waals surface area contributed by atoms with Gasteiger partial charge in [-0.1, -0.05) is 24.8 Å². The van der Waals surface area contributed by atoms with Crippen molar-refractivity contribution in [2.45, 2.75) is 6.54 Å². The molecule has 2 aromatic carbocycles. The Labute approximate surface area is 133 Å². The fraction of sp³-hybridized carbons (Fsp3) is 0.0625. The fourth-order valence-corrected chi connectivity index (χ4v) is 1.16. The molecule has 0 atom stereocenters. The zero-order valence-corrected chi connectivity index (χ0v) is 12.3. The normalized spacial score (nSPS) is 8.74. The zero-order valence-electron chi connectivity index (χ0n) is 12.3. The molecule has 0 spiro atoms. The number of aliphatic carboxylic acids is 1. The standard InChI is InChI=1S/C7H9NO2.C6H6O2.C3H4O2/c8-4-5-1-2-6(9)7(10)3-5;7-5-3-1-2-4-6(5)8;1-2-3(4)5/h1-3,9-10H,4,8H2;1-4,7-8H;2H,1H2,(H,4,5). The molecule has 0 saturated heterocycles. The monoisotopic (exact) mass is 321 g/mol. The predicted molar refractivity (Wildman–Crippen MR) is 85.3 cm³/mol. The molecule has 0 heterocycles. The Kier molecular flexibility index (Phi) is 9.06. The highest BCUT2D eigenvalue weighted by molar-refractivity contribution is 5.78. The van der Waals surface area contributed by atoms with E-state index in [4.69, 9.17) is 31.3 Å². The molecule has 0 saturated carbocycles. The van der Waals surface area contributed by atoms with Crippen LogP contribution in [0.2, 0.25) is 0 Å². The smallest absolute Gasteiger partial charge is 0.327 e. The van der Waals surface area contributed by atoms with Gasteiger partial charge in [-0.05, 0) is 29.8 Å². The summed E-state index contributed by atoms with van der Waals surface area (Å²) in [6.45, 7) is 3.33. The van der Waals surface area contributed by atoms with Gasteiger partial charge >= 0.3 is 5.97 Å². The van der Waals surface area contributed by atoms with E-state index in [0.29, 0.717) is 6.54 Å². The first kappa shape index (κ1) is 19.8. The highest BCUT2D eigenvalue weighted by Crippen LogP contribution is 2.24. The van der Waals surface area contributed by atoms with Crippen LogP contribution in [-0.4, -0.2) is 31.5 Å². The van der Waals surface area contributed by atoms with Gasteiger partial charge in [-0.3, -0.25) is 0 Å². The van der Waals surface area contributed by atoms with E-state index in [9.17, 15) is 4.79 Å². The van der Waals surface area contributed by atoms with Crippen molar-refractivity contribution in [3.05, 3.63) is 60.7 Å². The minimum atomic E-state index is -0.981. The van der Waals surface area contributed by atoms with Crippen molar-refractivity contribution in [2.75, 3.05) is 0 Å². The topological polar surface area (TPSA) is 144 Å². The van der Waals surface area contributed by atoms with E-state index in [0.717, 1.165) is 11.6 Å². The van der Waals surface area contributed by atoms with Gasteiger partial charge in [-0.15, -0.1) is 0 Å². The van der Waals surface area contributed by atoms with Crippen LogP contribution in [0.4, 0.5) is 0 Å². The van der Waals surface area contributed by atoms with Crippen LogP contribution in [0.5, 0.6) is 23.0 Å². The lowest BCUT2D eigenvalue weighted by Crippen LogP contribution is -1.94. The molecule has 23 heavy (non-hydrogen) atoms. The molecular formula is C16H19NO6. The average Bonchev–Trinajstić information content (AvgIpc) is 2.54. The molecule has 0 radical (unpaired) electrons. The molecule has 0 aliphatic rings. The molecule has 0 amide bonds. The van der Waals surface area contributed by atoms with Gasteiger partial charge in [-0.2, -0.15) is 0 Å². The van der Waals surface area contributed by atoms with E-state index in [1.807, 2.05) is 0 Å². The zero-order chi connectivity index (χ0) is 17.8. The molecule has 2 rings (SSSR count). The molecule has 0 unspecified atom stereocenters. The highest BCUT2D eigenvalue weighted by Gasteiger charge is 1.97. The Morgan fingerprint density at radius 3 is 1.70 bits per heavy atom. The molecule has 0 bridgehead atoms. The van der Waals surface area contributed by atoms with Crippen LogP contribution in [0, 0.1) is 0 Å². The van der Waals surface area contributed by atoms with Gasteiger partial charge in [0.1, 0.15) is 0 Å². The van der Waals surface area contributed by atoms with Crippen molar-refractivity contribution in [1.82, 2.24) is 0 Å². The number of para-hydroxylation sites is 2. The third-order valence-corrected chi connectivity index (χ3v) is 2.33. The van der Waals surface area contributed by atoms with E-state index in [-0.39, 0.29) is 23.0 Å². The summed E-state index contributed by atoms with van der Waals surface area (Å²) in [5.41, 5.74) is 6.08. The molecule has 124 valence electrons. The third-order valence-electron chi connectivity index (χ3n) is 2.33. The number of rotatable bonds is 2. The summed E-state index contributed by atoms with van der Waals surface area (Å²) in [6.07, 6.45) is 0.833. The van der Waals surface area contributed by atoms with E-state index < -0.39 is 5.97 Å². The van der Waals surface area contributed by atoms with Gasteiger partial charge in [0.2, 0.25) is 0 Å². The first-order valence-corrected chi connectivity index (χ1v) is 6.35. The number of hydrogen-bond acceptors (Lipinski definition) is 6. The van der Waals surface area contributed by atoms with Gasteiger partial charge in [0.25, 0.3) is 0 Å². The fourth-order valence-electron chi connectivity index (χ4n) is 1.16. The molecule has 7 N–H and O–H groups in total. The first-order valence-electron chi connectivity index (χ1n) is 6.35. The van der Waals surface area contributed by atoms with Crippen LogP contribution in [-0.2, 0) is 11.3 Å². The van der Waals surface area contributed by atoms with E-state index in [1.54, 1.807) is 18.2 Å². The Morgan fingerprint density at radius 2 is 1.39 bits per heavy atom. The molecule has 7 heteroatoms. The molecular weight excluding hydrogens is 302 g/mol. The first-order chi connectivity index (χ1) is 10.8. The maximum atomic E-state index is 9.25. The van der Waals surface area contributed by atoms with Crippen molar-refractivity contribution < 1.29 is 30.3 Å². The third kappa shape index (κ3) is 8.64. The van der Waals surface area contributed by atoms with Gasteiger partial charge in [0.15, 0.2) is 23.0 Å². The number of carboxylic acid groups (broad SMARTS) is 1. The number of carboxylic acids is 1. The van der Waals surface area contributed by atoms with Crippen LogP contribution in [0.15, 0.2) is 55.1 Å². The van der Waals surface area contributed by atoms with Crippen molar-refractivity contribution >= 4 is 5.97 Å². The second-order valence-electron chi connectivity index (χ2n) is 4.06. The maximum absolute atomic E-state index is 9.25. The number of benzene rings is 2. The summed E-state index contributed by atoms with van der Waals surface area (Å²) < 4.78 is 0. The minimum absolute atomic E-state index is 0.0764. The predicted octanol–water partition coefficient (Wildman–Crippen LogP) is 1.91. The van der Waals surface area contributed by atoms with Gasteiger partial charge in [0, 0.05) is 12.6 Å². The molecule has 7 nitrogen and oxygen atoms in total. The lowest BCUT2D eigenvalue weighted by Gasteiger charge is -1.98. The second-order valence-corrected chi connectivity index (χ2v) is 4.06. The molecule has 0 aromatic heterocycles. The van der Waals surface area contributed by atoms with Crippen molar-refractivity contribution in [1.29, 1.82) is 0 Å². The molecule has 0 aliphatic heterocycles. The SMILES string of the molecule is C=CC(=O)O.NCc1ccc(O)c(O)c1.Oc1ccccc1O. The maximum Gasteiger partial charge on any atom is 0.327 e. The number of phenols is 4. The van der Waals surface area contributed by atoms with Crippen LogP contribution >= 0.6 is 0 Å². The van der Waals surface area contributed by atoms with Crippen LogP contribution in [0.25, 0.3) is 0 Å². The lowest BCUT2D eigenvalue weighted by atomic mass is 10.2. The Hall–Kier alpha value is -3.19. The van der Waals surface area contributed by atoms with Crippen LogP contribution in [0.1, 0.15) is 5.56 Å². The minimum Gasteiger partial charge on any atom is -0.504 e. The summed E-state index contributed by atoms with van der Waals surface area (Å²) in [5.74, 6) is -1.37. The summed E-state index contributed by atoms with van der Waals surface area (Å²) in [7, 11) is 0. The molecule has 2 aromatic rings. The van der Waals surface area contributed by atoms with Crippen molar-refractivity contribution in [3.63, 3.8) is 0 Å². The Bertz CT molecular complexity index is 621. The van der Waals surface area contributed by atoms with Gasteiger partial charge in [0.05, 0.1) is 0 Å². The van der Waals surface area contributed by atoms with Crippen molar-refractivity contribution in [3.8, 4) is 23.0 Å². The van der Waals surface area contributed by atoms with E-state index in [1.165, 1.54) is 24.3 Å². The largest absolute Gasteiger partial charge is 0.504 e. The number of carbonyl (C=O) groups is 1. The molecule has 0 fully saturated rings. The average molecular weight is 321 g/mol. The highest BCUT2D eigenvalue weighted by atomic mass is 16.4. The Balaban J connectivity index is 0.000000335. The summed E-state index contributed by atoms with van der Waals surface area (Å²) in [5, 5.41) is 42.7. The number of nitrogens with two attached hydrogens (primary N) is 1.